The molecule has 1 unspecified atom stereocenters. The molecule has 2 aromatic rings. The Morgan fingerprint density at radius 1 is 1.28 bits per heavy atom. The van der Waals surface area contributed by atoms with Gasteiger partial charge in [-0.2, -0.15) is 0 Å². The van der Waals surface area contributed by atoms with Crippen LogP contribution < -0.4 is 5.32 Å². The molecule has 1 saturated heterocycles. The molecular weight excluding hydrogens is 319 g/mol. The molecule has 1 amide bonds. The number of carbonyl (C=O) groups is 1. The molecule has 1 N–H and O–H groups in total. The molecule has 25 heavy (non-hydrogen) atoms. The summed E-state index contributed by atoms with van der Waals surface area (Å²) >= 11 is 0. The van der Waals surface area contributed by atoms with Gasteiger partial charge in [-0.25, -0.2) is 4.39 Å². The first-order valence-electron chi connectivity index (χ1n) is 8.52. The number of rotatable bonds is 5. The predicted octanol–water partition coefficient (Wildman–Crippen LogP) is 2.82. The molecule has 1 aliphatic rings. The highest BCUT2D eigenvalue weighted by Gasteiger charge is 2.23. The van der Waals surface area contributed by atoms with Crippen molar-refractivity contribution in [1.82, 2.24) is 10.2 Å². The maximum Gasteiger partial charge on any atom is 0.234 e. The smallest absolute Gasteiger partial charge is 0.234 e. The van der Waals surface area contributed by atoms with Crippen molar-refractivity contribution in [2.75, 3.05) is 26.2 Å². The van der Waals surface area contributed by atoms with Gasteiger partial charge in [0.15, 0.2) is 0 Å². The largest absolute Gasteiger partial charge is 0.371 e. The summed E-state index contributed by atoms with van der Waals surface area (Å²) in [7, 11) is 0. The summed E-state index contributed by atoms with van der Waals surface area (Å²) in [6.45, 7) is 4.53. The molecule has 1 fully saturated rings. The van der Waals surface area contributed by atoms with Crippen molar-refractivity contribution in [1.29, 1.82) is 0 Å². The number of amides is 1. The fraction of sp³-hybridized carbons (Fsp3) is 0.350. The number of nitrogens with zero attached hydrogens (tertiary/aromatic N) is 1. The highest BCUT2D eigenvalue weighted by atomic mass is 19.1. The Bertz CT molecular complexity index is 721. The van der Waals surface area contributed by atoms with E-state index in [1.54, 1.807) is 19.1 Å². The van der Waals surface area contributed by atoms with Crippen LogP contribution in [0.4, 0.5) is 4.39 Å². The minimum Gasteiger partial charge on any atom is -0.371 e. The summed E-state index contributed by atoms with van der Waals surface area (Å²) in [5.74, 6) is -0.258. The minimum absolute atomic E-state index is 0.00231. The third kappa shape index (κ3) is 4.87. The molecular formula is C20H23FN2O2. The quantitative estimate of drug-likeness (QED) is 0.908. The van der Waals surface area contributed by atoms with E-state index in [4.69, 9.17) is 4.74 Å². The van der Waals surface area contributed by atoms with Crippen molar-refractivity contribution in [3.63, 3.8) is 0 Å². The Morgan fingerprint density at radius 2 is 2.08 bits per heavy atom. The van der Waals surface area contributed by atoms with Gasteiger partial charge in [0.1, 0.15) is 5.82 Å². The average molecular weight is 342 g/mol. The van der Waals surface area contributed by atoms with Crippen LogP contribution in [0.15, 0.2) is 48.5 Å². The highest BCUT2D eigenvalue weighted by Crippen LogP contribution is 2.21. The number of aryl methyl sites for hydroxylation is 1. The molecule has 1 heterocycles. The zero-order chi connectivity index (χ0) is 17.6. The van der Waals surface area contributed by atoms with E-state index in [-0.39, 0.29) is 17.8 Å². The Kier molecular flexibility index (Phi) is 5.79. The second kappa shape index (κ2) is 8.23. The molecule has 0 aliphatic carbocycles. The molecule has 0 radical (unpaired) electrons. The van der Waals surface area contributed by atoms with Crippen LogP contribution in [0.25, 0.3) is 0 Å². The van der Waals surface area contributed by atoms with Gasteiger partial charge in [-0.3, -0.25) is 9.69 Å². The van der Waals surface area contributed by atoms with Gasteiger partial charge in [0.05, 0.1) is 19.3 Å². The molecule has 5 heteroatoms. The van der Waals surface area contributed by atoms with Gasteiger partial charge in [0.25, 0.3) is 0 Å². The van der Waals surface area contributed by atoms with Crippen LogP contribution in [0.5, 0.6) is 0 Å². The molecule has 0 aromatic heterocycles. The molecule has 3 rings (SSSR count). The van der Waals surface area contributed by atoms with E-state index >= 15 is 0 Å². The number of hydrogen-bond acceptors (Lipinski definition) is 3. The average Bonchev–Trinajstić information content (AvgIpc) is 2.64. The molecule has 0 bridgehead atoms. The minimum atomic E-state index is -0.227. The van der Waals surface area contributed by atoms with Gasteiger partial charge in [0.2, 0.25) is 5.91 Å². The summed E-state index contributed by atoms with van der Waals surface area (Å²) in [5.41, 5.74) is 2.62. The van der Waals surface area contributed by atoms with E-state index < -0.39 is 0 Å². The van der Waals surface area contributed by atoms with Crippen molar-refractivity contribution < 1.29 is 13.9 Å². The van der Waals surface area contributed by atoms with Crippen molar-refractivity contribution in [3.8, 4) is 0 Å². The van der Waals surface area contributed by atoms with E-state index in [1.807, 2.05) is 30.3 Å². The third-order valence-electron chi connectivity index (χ3n) is 4.40. The Morgan fingerprint density at radius 3 is 2.84 bits per heavy atom. The van der Waals surface area contributed by atoms with E-state index in [0.29, 0.717) is 31.8 Å². The van der Waals surface area contributed by atoms with E-state index in [0.717, 1.165) is 17.7 Å². The normalized spacial score (nSPS) is 18.1. The zero-order valence-electron chi connectivity index (χ0n) is 14.4. The molecule has 1 aliphatic heterocycles. The fourth-order valence-electron chi connectivity index (χ4n) is 2.99. The second-order valence-corrected chi connectivity index (χ2v) is 6.37. The fourth-order valence-corrected chi connectivity index (χ4v) is 2.99. The van der Waals surface area contributed by atoms with Crippen molar-refractivity contribution in [2.45, 2.75) is 19.6 Å². The summed E-state index contributed by atoms with van der Waals surface area (Å²) < 4.78 is 19.1. The molecule has 132 valence electrons. The van der Waals surface area contributed by atoms with E-state index in [9.17, 15) is 9.18 Å². The Balaban J connectivity index is 1.49. The number of hydrogen-bond donors (Lipinski definition) is 1. The van der Waals surface area contributed by atoms with Crippen molar-refractivity contribution in [3.05, 3.63) is 71.0 Å². The van der Waals surface area contributed by atoms with Crippen LogP contribution in [0.1, 0.15) is 22.8 Å². The van der Waals surface area contributed by atoms with Gasteiger partial charge in [-0.15, -0.1) is 0 Å². The molecule has 2 aromatic carbocycles. The summed E-state index contributed by atoms with van der Waals surface area (Å²) in [6, 6.07) is 15.0. The third-order valence-corrected chi connectivity index (χ3v) is 4.40. The monoisotopic (exact) mass is 342 g/mol. The van der Waals surface area contributed by atoms with Crippen molar-refractivity contribution in [2.24, 2.45) is 0 Å². The summed E-state index contributed by atoms with van der Waals surface area (Å²) in [5, 5.41) is 2.90. The molecule has 4 nitrogen and oxygen atoms in total. The van der Waals surface area contributed by atoms with Gasteiger partial charge < -0.3 is 10.1 Å². The lowest BCUT2D eigenvalue weighted by molar-refractivity contribution is -0.124. The number of morpholine rings is 1. The second-order valence-electron chi connectivity index (χ2n) is 6.37. The van der Waals surface area contributed by atoms with Crippen LogP contribution in [0, 0.1) is 12.7 Å². The van der Waals surface area contributed by atoms with Gasteiger partial charge in [-0.05, 0) is 29.7 Å². The lowest BCUT2D eigenvalue weighted by Crippen LogP contribution is -2.44. The van der Waals surface area contributed by atoms with E-state index in [2.05, 4.69) is 10.2 Å². The lowest BCUT2D eigenvalue weighted by Gasteiger charge is -2.32. The number of ether oxygens (including phenoxy) is 1. The van der Waals surface area contributed by atoms with Crippen LogP contribution in [-0.4, -0.2) is 37.0 Å². The number of halogens is 1. The van der Waals surface area contributed by atoms with Gasteiger partial charge in [0, 0.05) is 19.6 Å². The van der Waals surface area contributed by atoms with Crippen LogP contribution in [-0.2, 0) is 16.1 Å². The topological polar surface area (TPSA) is 41.6 Å². The van der Waals surface area contributed by atoms with Gasteiger partial charge in [-0.1, -0.05) is 42.5 Å². The lowest BCUT2D eigenvalue weighted by atomic mass is 10.1. The Hall–Kier alpha value is -2.24. The Labute approximate surface area is 147 Å². The SMILES string of the molecule is Cc1cc(CNC(=O)CN2CCOC(c3ccccc3)C2)ccc1F. The first-order chi connectivity index (χ1) is 12.1. The summed E-state index contributed by atoms with van der Waals surface area (Å²) in [4.78, 5) is 14.3. The maximum absolute atomic E-state index is 13.3. The molecule has 0 spiro atoms. The summed E-state index contributed by atoms with van der Waals surface area (Å²) in [6.07, 6.45) is 0.00231. The molecule has 1 atom stereocenters. The van der Waals surface area contributed by atoms with Gasteiger partial charge >= 0.3 is 0 Å². The number of carbonyl (C=O) groups excluding carboxylic acids is 1. The zero-order valence-corrected chi connectivity index (χ0v) is 14.4. The maximum atomic E-state index is 13.3. The van der Waals surface area contributed by atoms with Crippen LogP contribution in [0.2, 0.25) is 0 Å². The number of nitrogens with one attached hydrogen (secondary N) is 1. The molecule has 0 saturated carbocycles. The first-order valence-corrected chi connectivity index (χ1v) is 8.52. The first kappa shape index (κ1) is 17.6. The predicted molar refractivity (Wildman–Crippen MR) is 94.6 cm³/mol. The van der Waals surface area contributed by atoms with Crippen LogP contribution >= 0.6 is 0 Å². The van der Waals surface area contributed by atoms with E-state index in [1.165, 1.54) is 6.07 Å². The standard InChI is InChI=1S/C20H23FN2O2/c1-15-11-16(7-8-18(15)21)12-22-20(24)14-23-9-10-25-19(13-23)17-5-3-2-4-6-17/h2-8,11,19H,9-10,12-14H2,1H3,(H,22,24). The number of benzene rings is 2. The van der Waals surface area contributed by atoms with Crippen molar-refractivity contribution >= 4 is 5.91 Å². The van der Waals surface area contributed by atoms with Crippen LogP contribution in [0.3, 0.4) is 0 Å². The highest BCUT2D eigenvalue weighted by molar-refractivity contribution is 5.78.